The smallest absolute Gasteiger partial charge is 0.328 e. The zero-order valence-corrected chi connectivity index (χ0v) is 16.3. The van der Waals surface area contributed by atoms with Crippen LogP contribution in [0.3, 0.4) is 0 Å². The molecule has 0 saturated heterocycles. The monoisotopic (exact) mass is 422 g/mol. The molecule has 1 fully saturated rings. The molecule has 1 atom stereocenters. The summed E-state index contributed by atoms with van der Waals surface area (Å²) in [7, 11) is 0. The highest BCUT2D eigenvalue weighted by Gasteiger charge is 2.51. The van der Waals surface area contributed by atoms with E-state index in [2.05, 4.69) is 15.2 Å². The molecule has 1 N–H and O–H groups in total. The molecule has 0 spiro atoms. The number of hydrogen-bond acceptors (Lipinski definition) is 5. The Bertz CT molecular complexity index is 1090. The van der Waals surface area contributed by atoms with Gasteiger partial charge in [-0.15, -0.1) is 0 Å². The Balaban J connectivity index is 1.71. The van der Waals surface area contributed by atoms with E-state index in [1.807, 2.05) is 19.1 Å². The Morgan fingerprint density at radius 3 is 2.66 bits per heavy atom. The van der Waals surface area contributed by atoms with Crippen LogP contribution in [0.1, 0.15) is 54.9 Å². The fourth-order valence-electron chi connectivity index (χ4n) is 3.52. The van der Waals surface area contributed by atoms with Gasteiger partial charge < -0.3 is 9.63 Å². The first-order valence-corrected chi connectivity index (χ1v) is 9.32. The molecular formula is C19H17ClF2N4O3. The molecule has 0 bridgehead atoms. The van der Waals surface area contributed by atoms with Gasteiger partial charge in [0.1, 0.15) is 11.7 Å². The second kappa shape index (κ2) is 6.91. The molecule has 4 rings (SSSR count). The van der Waals surface area contributed by atoms with Gasteiger partial charge in [-0.05, 0) is 56.0 Å². The highest BCUT2D eigenvalue weighted by atomic mass is 35.5. The average molecular weight is 423 g/mol. The van der Waals surface area contributed by atoms with E-state index >= 15 is 0 Å². The van der Waals surface area contributed by atoms with Crippen molar-refractivity contribution in [1.82, 2.24) is 19.9 Å². The number of rotatable bonds is 6. The van der Waals surface area contributed by atoms with E-state index in [1.165, 1.54) is 6.92 Å². The van der Waals surface area contributed by atoms with Crippen molar-refractivity contribution in [1.29, 1.82) is 0 Å². The van der Waals surface area contributed by atoms with Gasteiger partial charge in [-0.1, -0.05) is 22.8 Å². The van der Waals surface area contributed by atoms with Crippen LogP contribution in [-0.2, 0) is 10.2 Å². The summed E-state index contributed by atoms with van der Waals surface area (Å²) in [6.07, 6.45) is -1.26. The molecule has 1 unspecified atom stereocenters. The predicted octanol–water partition coefficient (Wildman–Crippen LogP) is 4.56. The fraction of sp³-hybridized carbons (Fsp3) is 0.368. The van der Waals surface area contributed by atoms with Gasteiger partial charge in [-0.2, -0.15) is 10.1 Å². The number of benzene rings is 1. The molecule has 0 radical (unpaired) electrons. The maximum atomic E-state index is 13.4. The van der Waals surface area contributed by atoms with E-state index in [0.29, 0.717) is 10.8 Å². The minimum absolute atomic E-state index is 0.00998. The Morgan fingerprint density at radius 1 is 1.34 bits per heavy atom. The first kappa shape index (κ1) is 19.5. The van der Waals surface area contributed by atoms with Gasteiger partial charge in [0.15, 0.2) is 11.5 Å². The van der Waals surface area contributed by atoms with Gasteiger partial charge >= 0.3 is 5.97 Å². The molecule has 7 nitrogen and oxygen atoms in total. The summed E-state index contributed by atoms with van der Waals surface area (Å²) in [5, 5.41) is 17.8. The Labute approximate surface area is 169 Å². The summed E-state index contributed by atoms with van der Waals surface area (Å²) in [5.41, 5.74) is 1.12. The third-order valence-electron chi connectivity index (χ3n) is 5.24. The number of hydrogen-bond donors (Lipinski definition) is 1. The first-order chi connectivity index (χ1) is 13.7. The lowest BCUT2D eigenvalue weighted by molar-refractivity contribution is -0.140. The SMILES string of the molecule is Cc1cc(Cl)ccc1C1(c2noc(-c3cc(C(F)F)n(C(C)C(=O)O)n3)n2)CC1. The van der Waals surface area contributed by atoms with Crippen LogP contribution in [0.5, 0.6) is 0 Å². The highest BCUT2D eigenvalue weighted by molar-refractivity contribution is 6.30. The second-order valence-corrected chi connectivity index (χ2v) is 7.61. The maximum Gasteiger partial charge on any atom is 0.328 e. The predicted molar refractivity (Wildman–Crippen MR) is 99.0 cm³/mol. The normalized spacial score (nSPS) is 16.2. The standard InChI is InChI=1S/C19H17ClF2N4O3/c1-9-7-11(20)3-4-12(9)19(5-6-19)18-23-16(29-25-18)13-8-14(15(21)22)26(24-13)10(2)17(27)28/h3-4,7-8,10,15H,5-6H2,1-2H3,(H,27,28). The van der Waals surface area contributed by atoms with Crippen molar-refractivity contribution in [2.75, 3.05) is 0 Å². The minimum Gasteiger partial charge on any atom is -0.480 e. The molecule has 2 heterocycles. The van der Waals surface area contributed by atoms with E-state index in [-0.39, 0.29) is 11.6 Å². The lowest BCUT2D eigenvalue weighted by Gasteiger charge is -2.14. The molecule has 29 heavy (non-hydrogen) atoms. The van der Waals surface area contributed by atoms with Crippen molar-refractivity contribution in [3.8, 4) is 11.6 Å². The van der Waals surface area contributed by atoms with E-state index in [0.717, 1.165) is 34.7 Å². The average Bonchev–Trinajstić information content (AvgIpc) is 3.12. The van der Waals surface area contributed by atoms with E-state index in [4.69, 9.17) is 21.2 Å². The van der Waals surface area contributed by atoms with Crippen LogP contribution in [0.25, 0.3) is 11.6 Å². The molecule has 152 valence electrons. The maximum absolute atomic E-state index is 13.4. The number of aromatic nitrogens is 4. The summed E-state index contributed by atoms with van der Waals surface area (Å²) in [6, 6.07) is 5.41. The molecule has 0 aliphatic heterocycles. The lowest BCUT2D eigenvalue weighted by Crippen LogP contribution is -2.19. The zero-order valence-electron chi connectivity index (χ0n) is 15.6. The number of alkyl halides is 2. The van der Waals surface area contributed by atoms with Crippen molar-refractivity contribution in [2.24, 2.45) is 0 Å². The third-order valence-corrected chi connectivity index (χ3v) is 5.47. The van der Waals surface area contributed by atoms with Crippen molar-refractivity contribution >= 4 is 17.6 Å². The van der Waals surface area contributed by atoms with Crippen molar-refractivity contribution in [2.45, 2.75) is 44.6 Å². The summed E-state index contributed by atoms with van der Waals surface area (Å²) >= 11 is 6.04. The fourth-order valence-corrected chi connectivity index (χ4v) is 3.74. The van der Waals surface area contributed by atoms with Gasteiger partial charge in [0.25, 0.3) is 12.3 Å². The Hall–Kier alpha value is -2.81. The number of aliphatic carboxylic acids is 1. The molecule has 10 heteroatoms. The number of carboxylic acids is 1. The number of carbonyl (C=O) groups is 1. The molecule has 1 saturated carbocycles. The van der Waals surface area contributed by atoms with Crippen LogP contribution >= 0.6 is 11.6 Å². The van der Waals surface area contributed by atoms with Gasteiger partial charge in [0, 0.05) is 5.02 Å². The lowest BCUT2D eigenvalue weighted by atomic mass is 9.91. The van der Waals surface area contributed by atoms with Crippen LogP contribution in [0.15, 0.2) is 28.8 Å². The Morgan fingerprint density at radius 2 is 2.07 bits per heavy atom. The molecular weight excluding hydrogens is 406 g/mol. The quantitative estimate of drug-likeness (QED) is 0.626. The molecule has 0 amide bonds. The number of aryl methyl sites for hydroxylation is 1. The van der Waals surface area contributed by atoms with Gasteiger partial charge in [-0.3, -0.25) is 0 Å². The van der Waals surface area contributed by atoms with Gasteiger partial charge in [-0.25, -0.2) is 18.3 Å². The Kier molecular flexibility index (Phi) is 4.65. The van der Waals surface area contributed by atoms with Crippen LogP contribution in [0, 0.1) is 6.92 Å². The van der Waals surface area contributed by atoms with Crippen LogP contribution in [0.4, 0.5) is 8.78 Å². The van der Waals surface area contributed by atoms with Crippen molar-refractivity contribution in [3.05, 3.63) is 51.9 Å². The molecule has 1 aromatic carbocycles. The summed E-state index contributed by atoms with van der Waals surface area (Å²) in [4.78, 5) is 15.6. The molecule has 3 aromatic rings. The van der Waals surface area contributed by atoms with E-state index in [1.54, 1.807) is 6.07 Å². The van der Waals surface area contributed by atoms with E-state index < -0.39 is 29.5 Å². The van der Waals surface area contributed by atoms with Crippen LogP contribution in [0.2, 0.25) is 5.02 Å². The van der Waals surface area contributed by atoms with Crippen LogP contribution in [-0.4, -0.2) is 31.0 Å². The summed E-state index contributed by atoms with van der Waals surface area (Å²) in [5.74, 6) is -0.864. The van der Waals surface area contributed by atoms with Gasteiger partial charge in [0.05, 0.1) is 5.41 Å². The first-order valence-electron chi connectivity index (χ1n) is 8.94. The van der Waals surface area contributed by atoms with Crippen molar-refractivity contribution < 1.29 is 23.2 Å². The minimum atomic E-state index is -2.90. The zero-order chi connectivity index (χ0) is 20.9. The summed E-state index contributed by atoms with van der Waals surface area (Å²) < 4.78 is 32.8. The largest absolute Gasteiger partial charge is 0.480 e. The van der Waals surface area contributed by atoms with Crippen molar-refractivity contribution in [3.63, 3.8) is 0 Å². The summed E-state index contributed by atoms with van der Waals surface area (Å²) in [6.45, 7) is 3.22. The molecule has 2 aromatic heterocycles. The molecule has 1 aliphatic rings. The number of carboxylic acid groups (broad SMARTS) is 1. The number of halogens is 3. The number of nitrogens with zero attached hydrogens (tertiary/aromatic N) is 4. The van der Waals surface area contributed by atoms with Crippen LogP contribution < -0.4 is 0 Å². The highest BCUT2D eigenvalue weighted by Crippen LogP contribution is 2.53. The topological polar surface area (TPSA) is 94.0 Å². The van der Waals surface area contributed by atoms with Gasteiger partial charge in [0.2, 0.25) is 0 Å². The van der Waals surface area contributed by atoms with E-state index in [9.17, 15) is 13.6 Å². The molecule has 1 aliphatic carbocycles. The third kappa shape index (κ3) is 3.29. The second-order valence-electron chi connectivity index (χ2n) is 7.18.